The van der Waals surface area contributed by atoms with Gasteiger partial charge in [-0.3, -0.25) is 9.78 Å². The van der Waals surface area contributed by atoms with Gasteiger partial charge in [0, 0.05) is 23.5 Å². The molecule has 7 nitrogen and oxygen atoms in total. The predicted molar refractivity (Wildman–Crippen MR) is 88.8 cm³/mol. The number of rotatable bonds is 6. The van der Waals surface area contributed by atoms with E-state index in [-0.39, 0.29) is 5.71 Å². The fraction of sp³-hybridized carbons (Fsp3) is 0.0588. The van der Waals surface area contributed by atoms with Crippen LogP contribution < -0.4 is 10.2 Å². The molecule has 0 unspecified atom stereocenters. The number of carbonyl (C=O) groups excluding carboxylic acids is 1. The topological polar surface area (TPSA) is 101 Å². The first kappa shape index (κ1) is 16.9. The number of para-hydroxylation sites is 1. The number of aromatic nitrogens is 1. The van der Waals surface area contributed by atoms with E-state index in [1.54, 1.807) is 30.3 Å². The van der Waals surface area contributed by atoms with Gasteiger partial charge in [0.05, 0.1) is 7.11 Å². The number of nitrogens with zero attached hydrogens (tertiary/aromatic N) is 2. The van der Waals surface area contributed by atoms with E-state index in [0.717, 1.165) is 0 Å². The van der Waals surface area contributed by atoms with Gasteiger partial charge in [-0.1, -0.05) is 18.2 Å². The number of hydrogen-bond acceptors (Lipinski definition) is 5. The number of benzene rings is 1. The van der Waals surface area contributed by atoms with Crippen LogP contribution in [0.3, 0.4) is 0 Å². The summed E-state index contributed by atoms with van der Waals surface area (Å²) in [5.41, 5.74) is 2.90. The van der Waals surface area contributed by atoms with Crippen molar-refractivity contribution >= 4 is 23.7 Å². The van der Waals surface area contributed by atoms with Crippen LogP contribution in [0.2, 0.25) is 0 Å². The standard InChI is InChI=1S/C17H15N3O4/c1-24-15-5-3-2-4-12(15)6-7-14(17(22)23)19-20-16(21)13-8-10-18-11-9-13/h2-11H,1H3,(H,20,21)(H,22,23)/b7-6+,19-14-. The first-order chi connectivity index (χ1) is 11.6. The van der Waals surface area contributed by atoms with Crippen LogP contribution in [0.15, 0.2) is 60.0 Å². The Morgan fingerprint density at radius 3 is 2.58 bits per heavy atom. The van der Waals surface area contributed by atoms with Gasteiger partial charge in [0.25, 0.3) is 5.91 Å². The third-order valence-corrected chi connectivity index (χ3v) is 3.00. The Bertz CT molecular complexity index is 785. The van der Waals surface area contributed by atoms with E-state index < -0.39 is 11.9 Å². The summed E-state index contributed by atoms with van der Waals surface area (Å²) >= 11 is 0. The quantitative estimate of drug-likeness (QED) is 0.624. The molecule has 0 aliphatic rings. The van der Waals surface area contributed by atoms with Gasteiger partial charge in [-0.05, 0) is 30.4 Å². The molecule has 0 atom stereocenters. The number of carboxylic acids is 1. The van der Waals surface area contributed by atoms with Gasteiger partial charge in [-0.2, -0.15) is 5.10 Å². The van der Waals surface area contributed by atoms with Crippen LogP contribution in [-0.4, -0.2) is 34.8 Å². The molecule has 0 saturated carbocycles. The summed E-state index contributed by atoms with van der Waals surface area (Å²) in [6.45, 7) is 0. The van der Waals surface area contributed by atoms with Gasteiger partial charge >= 0.3 is 5.97 Å². The zero-order valence-corrected chi connectivity index (χ0v) is 12.8. The summed E-state index contributed by atoms with van der Waals surface area (Å²) in [4.78, 5) is 26.9. The van der Waals surface area contributed by atoms with Gasteiger partial charge in [0.2, 0.25) is 0 Å². The van der Waals surface area contributed by atoms with Crippen molar-refractivity contribution in [1.29, 1.82) is 0 Å². The Morgan fingerprint density at radius 1 is 1.21 bits per heavy atom. The number of aliphatic carboxylic acids is 1. The molecule has 24 heavy (non-hydrogen) atoms. The summed E-state index contributed by atoms with van der Waals surface area (Å²) < 4.78 is 5.18. The van der Waals surface area contributed by atoms with Crippen molar-refractivity contribution in [2.75, 3.05) is 7.11 Å². The monoisotopic (exact) mass is 325 g/mol. The van der Waals surface area contributed by atoms with Crippen molar-refractivity contribution in [3.8, 4) is 5.75 Å². The second kappa shape index (κ2) is 8.23. The fourth-order valence-electron chi connectivity index (χ4n) is 1.81. The summed E-state index contributed by atoms with van der Waals surface area (Å²) in [6.07, 6.45) is 5.74. The molecule has 7 heteroatoms. The fourth-order valence-corrected chi connectivity index (χ4v) is 1.81. The van der Waals surface area contributed by atoms with Crippen LogP contribution in [0, 0.1) is 0 Å². The van der Waals surface area contributed by atoms with Gasteiger partial charge in [-0.15, -0.1) is 0 Å². The number of ether oxygens (including phenoxy) is 1. The average molecular weight is 325 g/mol. The predicted octanol–water partition coefficient (Wildman–Crippen LogP) is 1.97. The van der Waals surface area contributed by atoms with E-state index in [0.29, 0.717) is 16.9 Å². The Balaban J connectivity index is 2.16. The molecule has 0 aliphatic heterocycles. The zero-order valence-electron chi connectivity index (χ0n) is 12.8. The number of carboxylic acid groups (broad SMARTS) is 1. The lowest BCUT2D eigenvalue weighted by Crippen LogP contribution is -2.22. The molecule has 2 N–H and O–H groups in total. The lowest BCUT2D eigenvalue weighted by atomic mass is 10.1. The number of carbonyl (C=O) groups is 2. The van der Waals surface area contributed by atoms with Crippen LogP contribution in [0.1, 0.15) is 15.9 Å². The molecule has 0 spiro atoms. The molecular weight excluding hydrogens is 310 g/mol. The Kier molecular flexibility index (Phi) is 5.79. The highest BCUT2D eigenvalue weighted by Crippen LogP contribution is 2.18. The number of nitrogens with one attached hydrogen (secondary N) is 1. The lowest BCUT2D eigenvalue weighted by Gasteiger charge is -2.03. The van der Waals surface area contributed by atoms with E-state index in [2.05, 4.69) is 15.5 Å². The minimum atomic E-state index is -1.27. The number of hydrogen-bond donors (Lipinski definition) is 2. The molecule has 2 aromatic rings. The van der Waals surface area contributed by atoms with E-state index in [9.17, 15) is 14.7 Å². The minimum Gasteiger partial charge on any atom is -0.496 e. The molecule has 1 amide bonds. The number of methoxy groups -OCH3 is 1. The summed E-state index contributed by atoms with van der Waals surface area (Å²) in [5, 5.41) is 12.8. The summed E-state index contributed by atoms with van der Waals surface area (Å²) in [7, 11) is 1.52. The van der Waals surface area contributed by atoms with Crippen LogP contribution in [0.4, 0.5) is 0 Å². The molecule has 1 aromatic carbocycles. The van der Waals surface area contributed by atoms with Crippen molar-refractivity contribution in [3.63, 3.8) is 0 Å². The Morgan fingerprint density at radius 2 is 1.92 bits per heavy atom. The van der Waals surface area contributed by atoms with E-state index in [1.165, 1.54) is 37.7 Å². The van der Waals surface area contributed by atoms with Gasteiger partial charge < -0.3 is 9.84 Å². The maximum atomic E-state index is 11.9. The van der Waals surface area contributed by atoms with Gasteiger partial charge in [0.15, 0.2) is 5.71 Å². The molecule has 2 rings (SSSR count). The second-order valence-corrected chi connectivity index (χ2v) is 4.55. The third-order valence-electron chi connectivity index (χ3n) is 3.00. The molecule has 1 aromatic heterocycles. The molecule has 0 aliphatic carbocycles. The number of pyridine rings is 1. The SMILES string of the molecule is COc1ccccc1/C=C/C(=N/NC(=O)c1ccncc1)C(=O)O. The molecule has 1 heterocycles. The summed E-state index contributed by atoms with van der Waals surface area (Å²) in [5.74, 6) is -1.20. The van der Waals surface area contributed by atoms with E-state index in [1.807, 2.05) is 0 Å². The molecule has 0 radical (unpaired) electrons. The highest BCUT2D eigenvalue weighted by Gasteiger charge is 2.09. The van der Waals surface area contributed by atoms with Crippen LogP contribution >= 0.6 is 0 Å². The van der Waals surface area contributed by atoms with Crippen LogP contribution in [0.25, 0.3) is 6.08 Å². The molecule has 0 saturated heterocycles. The minimum absolute atomic E-state index is 0.316. The van der Waals surface area contributed by atoms with Gasteiger partial charge in [-0.25, -0.2) is 10.2 Å². The molecule has 122 valence electrons. The normalized spacial score (nSPS) is 11.3. The molecular formula is C17H15N3O4. The largest absolute Gasteiger partial charge is 0.496 e. The van der Waals surface area contributed by atoms with Crippen LogP contribution in [0.5, 0.6) is 5.75 Å². The third kappa shape index (κ3) is 4.51. The first-order valence-electron chi connectivity index (χ1n) is 6.94. The number of amides is 1. The van der Waals surface area contributed by atoms with Crippen LogP contribution in [-0.2, 0) is 4.79 Å². The van der Waals surface area contributed by atoms with Crippen molar-refractivity contribution in [2.45, 2.75) is 0 Å². The smallest absolute Gasteiger partial charge is 0.356 e. The maximum Gasteiger partial charge on any atom is 0.356 e. The summed E-state index contributed by atoms with van der Waals surface area (Å²) in [6, 6.07) is 10.1. The van der Waals surface area contributed by atoms with E-state index >= 15 is 0 Å². The Hall–Kier alpha value is -3.48. The van der Waals surface area contributed by atoms with Crippen molar-refractivity contribution < 1.29 is 19.4 Å². The first-order valence-corrected chi connectivity index (χ1v) is 6.94. The van der Waals surface area contributed by atoms with Crippen molar-refractivity contribution in [2.24, 2.45) is 5.10 Å². The maximum absolute atomic E-state index is 11.9. The second-order valence-electron chi connectivity index (χ2n) is 4.55. The average Bonchev–Trinajstić information content (AvgIpc) is 2.62. The zero-order chi connectivity index (χ0) is 17.4. The van der Waals surface area contributed by atoms with Crippen molar-refractivity contribution in [1.82, 2.24) is 10.4 Å². The van der Waals surface area contributed by atoms with Gasteiger partial charge in [0.1, 0.15) is 5.75 Å². The highest BCUT2D eigenvalue weighted by atomic mass is 16.5. The highest BCUT2D eigenvalue weighted by molar-refractivity contribution is 6.41. The molecule has 0 fully saturated rings. The Labute approximate surface area is 138 Å². The van der Waals surface area contributed by atoms with Crippen molar-refractivity contribution in [3.05, 3.63) is 66.0 Å². The molecule has 0 bridgehead atoms. The lowest BCUT2D eigenvalue weighted by molar-refractivity contribution is -0.129. The number of hydrazone groups is 1. The van der Waals surface area contributed by atoms with E-state index in [4.69, 9.17) is 4.74 Å².